The normalized spacial score (nSPS) is 11.5. The number of methoxy groups -OCH3 is 1. The molecule has 1 unspecified atom stereocenters. The van der Waals surface area contributed by atoms with Crippen molar-refractivity contribution < 1.29 is 4.74 Å². The van der Waals surface area contributed by atoms with Crippen LogP contribution in [0.1, 0.15) is 24.0 Å². The minimum atomic E-state index is -0.127. The standard InChI is InChI=1S/C20H25OS/c1-21-20(14-9-15-22-2,16-18-10-5-3-6-11-18)17-19-12-7-4-8-13-19/h3,5-8,10-13H,9,14-17H2,1-2H3. The molecule has 1 nitrogen and oxygen atoms in total. The van der Waals surface area contributed by atoms with Gasteiger partial charge in [-0.25, -0.2) is 0 Å². The van der Waals surface area contributed by atoms with Crippen LogP contribution in [0.25, 0.3) is 0 Å². The lowest BCUT2D eigenvalue weighted by Gasteiger charge is -2.33. The minimum absolute atomic E-state index is 0.127. The first-order chi connectivity index (χ1) is 10.8. The van der Waals surface area contributed by atoms with Gasteiger partial charge in [0.1, 0.15) is 0 Å². The SMILES string of the molecule is COC(CCCSC)(Cc1cc[c]cc1)Cc1ccccc1. The molecular formula is C20H25OS. The van der Waals surface area contributed by atoms with Gasteiger partial charge in [-0.2, -0.15) is 11.8 Å². The Morgan fingerprint density at radius 2 is 1.64 bits per heavy atom. The van der Waals surface area contributed by atoms with Crippen LogP contribution in [0, 0.1) is 6.07 Å². The molecule has 22 heavy (non-hydrogen) atoms. The van der Waals surface area contributed by atoms with Crippen LogP contribution in [0.3, 0.4) is 0 Å². The third kappa shape index (κ3) is 5.19. The molecule has 2 rings (SSSR count). The molecule has 2 heteroatoms. The van der Waals surface area contributed by atoms with E-state index < -0.39 is 0 Å². The average molecular weight is 313 g/mol. The third-order valence-electron chi connectivity index (χ3n) is 4.10. The fourth-order valence-electron chi connectivity index (χ4n) is 2.90. The van der Waals surface area contributed by atoms with Crippen molar-refractivity contribution >= 4 is 11.8 Å². The number of thioether (sulfide) groups is 1. The molecule has 0 spiro atoms. The van der Waals surface area contributed by atoms with Gasteiger partial charge < -0.3 is 4.74 Å². The number of hydrogen-bond acceptors (Lipinski definition) is 2. The molecule has 0 fully saturated rings. The smallest absolute Gasteiger partial charge is 0.0759 e. The van der Waals surface area contributed by atoms with Crippen LogP contribution in [0.2, 0.25) is 0 Å². The molecule has 0 aromatic heterocycles. The molecule has 0 amide bonds. The van der Waals surface area contributed by atoms with Crippen LogP contribution in [0.4, 0.5) is 0 Å². The summed E-state index contributed by atoms with van der Waals surface area (Å²) in [5, 5.41) is 0. The first-order valence-electron chi connectivity index (χ1n) is 7.81. The van der Waals surface area contributed by atoms with Crippen LogP contribution in [-0.4, -0.2) is 24.7 Å². The Morgan fingerprint density at radius 1 is 1.00 bits per heavy atom. The maximum Gasteiger partial charge on any atom is 0.0759 e. The van der Waals surface area contributed by atoms with Crippen LogP contribution in [0.5, 0.6) is 0 Å². The quantitative estimate of drug-likeness (QED) is 0.615. The Morgan fingerprint density at radius 3 is 2.23 bits per heavy atom. The van der Waals surface area contributed by atoms with Gasteiger partial charge in [0.25, 0.3) is 0 Å². The van der Waals surface area contributed by atoms with Gasteiger partial charge in [0.15, 0.2) is 0 Å². The van der Waals surface area contributed by atoms with Crippen molar-refractivity contribution in [2.45, 2.75) is 31.3 Å². The molecule has 0 saturated heterocycles. The summed E-state index contributed by atoms with van der Waals surface area (Å²) >= 11 is 1.90. The average Bonchev–Trinajstić information content (AvgIpc) is 2.57. The van der Waals surface area contributed by atoms with Gasteiger partial charge in [0, 0.05) is 20.0 Å². The highest BCUT2D eigenvalue weighted by Gasteiger charge is 2.30. The largest absolute Gasteiger partial charge is 0.378 e. The molecule has 0 saturated carbocycles. The first-order valence-corrected chi connectivity index (χ1v) is 9.20. The van der Waals surface area contributed by atoms with Gasteiger partial charge in [-0.05, 0) is 42.0 Å². The third-order valence-corrected chi connectivity index (χ3v) is 4.79. The van der Waals surface area contributed by atoms with E-state index in [1.165, 1.54) is 23.3 Å². The molecule has 0 aliphatic carbocycles. The van der Waals surface area contributed by atoms with E-state index in [1.54, 1.807) is 0 Å². The molecule has 117 valence electrons. The molecule has 0 aliphatic heterocycles. The van der Waals surface area contributed by atoms with Crippen molar-refractivity contribution in [3.63, 3.8) is 0 Å². The zero-order valence-electron chi connectivity index (χ0n) is 13.5. The summed E-state index contributed by atoms with van der Waals surface area (Å²) in [4.78, 5) is 0. The predicted octanol–water partition coefficient (Wildman–Crippen LogP) is 4.80. The molecule has 0 bridgehead atoms. The van der Waals surface area contributed by atoms with Crippen molar-refractivity contribution in [3.05, 3.63) is 71.8 Å². The van der Waals surface area contributed by atoms with Crippen molar-refractivity contribution in [2.24, 2.45) is 0 Å². The van der Waals surface area contributed by atoms with Crippen LogP contribution in [-0.2, 0) is 17.6 Å². The lowest BCUT2D eigenvalue weighted by Crippen LogP contribution is -2.37. The zero-order valence-corrected chi connectivity index (χ0v) is 14.4. The molecule has 0 heterocycles. The summed E-state index contributed by atoms with van der Waals surface area (Å²) in [5.41, 5.74) is 2.54. The number of benzene rings is 2. The second kappa shape index (κ2) is 9.02. The fraction of sp³-hybridized carbons (Fsp3) is 0.400. The van der Waals surface area contributed by atoms with Crippen molar-refractivity contribution in [3.8, 4) is 0 Å². The van der Waals surface area contributed by atoms with E-state index in [1.807, 2.05) is 31.0 Å². The maximum atomic E-state index is 6.07. The Labute approximate surface area is 139 Å². The molecule has 0 aliphatic rings. The van der Waals surface area contributed by atoms with Crippen molar-refractivity contribution in [2.75, 3.05) is 19.1 Å². The highest BCUT2D eigenvalue weighted by Crippen LogP contribution is 2.28. The Kier molecular flexibility index (Phi) is 7.01. The lowest BCUT2D eigenvalue weighted by molar-refractivity contribution is -0.0172. The summed E-state index contributed by atoms with van der Waals surface area (Å²) in [6, 6.07) is 22.0. The Hall–Kier alpha value is -1.25. The molecule has 1 radical (unpaired) electrons. The predicted molar refractivity (Wildman–Crippen MR) is 96.5 cm³/mol. The molecule has 0 N–H and O–H groups in total. The minimum Gasteiger partial charge on any atom is -0.378 e. The van der Waals surface area contributed by atoms with Gasteiger partial charge in [0.2, 0.25) is 0 Å². The summed E-state index contributed by atoms with van der Waals surface area (Å²) in [7, 11) is 1.86. The second-order valence-electron chi connectivity index (χ2n) is 5.73. The van der Waals surface area contributed by atoms with Gasteiger partial charge in [0.05, 0.1) is 5.60 Å². The van der Waals surface area contributed by atoms with Gasteiger partial charge in [-0.3, -0.25) is 0 Å². The molecule has 2 aromatic carbocycles. The van der Waals surface area contributed by atoms with Crippen molar-refractivity contribution in [1.82, 2.24) is 0 Å². The number of hydrogen-bond donors (Lipinski definition) is 0. The van der Waals surface area contributed by atoms with E-state index >= 15 is 0 Å². The first kappa shape index (κ1) is 17.1. The summed E-state index contributed by atoms with van der Waals surface area (Å²) in [6.45, 7) is 0. The van der Waals surface area contributed by atoms with E-state index in [4.69, 9.17) is 4.74 Å². The van der Waals surface area contributed by atoms with E-state index in [0.29, 0.717) is 0 Å². The highest BCUT2D eigenvalue weighted by atomic mass is 32.2. The van der Waals surface area contributed by atoms with Gasteiger partial charge in [-0.15, -0.1) is 0 Å². The number of ether oxygens (including phenoxy) is 1. The van der Waals surface area contributed by atoms with Gasteiger partial charge in [-0.1, -0.05) is 54.6 Å². The van der Waals surface area contributed by atoms with Crippen LogP contribution in [0.15, 0.2) is 54.6 Å². The second-order valence-corrected chi connectivity index (χ2v) is 6.72. The van der Waals surface area contributed by atoms with E-state index in [0.717, 1.165) is 19.3 Å². The summed E-state index contributed by atoms with van der Waals surface area (Å²) in [6.07, 6.45) is 6.33. The van der Waals surface area contributed by atoms with Crippen LogP contribution < -0.4 is 0 Å². The Balaban J connectivity index is 2.17. The monoisotopic (exact) mass is 313 g/mol. The molecular weight excluding hydrogens is 288 g/mol. The fourth-order valence-corrected chi connectivity index (χ4v) is 3.34. The van der Waals surface area contributed by atoms with Crippen molar-refractivity contribution in [1.29, 1.82) is 0 Å². The molecule has 2 aromatic rings. The Bertz CT molecular complexity index is 482. The van der Waals surface area contributed by atoms with E-state index in [9.17, 15) is 0 Å². The van der Waals surface area contributed by atoms with Gasteiger partial charge >= 0.3 is 0 Å². The molecule has 1 atom stereocenters. The van der Waals surface area contributed by atoms with Crippen LogP contribution >= 0.6 is 11.8 Å². The number of rotatable bonds is 9. The zero-order chi connectivity index (χ0) is 15.7. The maximum absolute atomic E-state index is 6.07. The van der Waals surface area contributed by atoms with E-state index in [2.05, 4.69) is 54.8 Å². The van der Waals surface area contributed by atoms with E-state index in [-0.39, 0.29) is 5.60 Å². The highest BCUT2D eigenvalue weighted by molar-refractivity contribution is 7.98. The summed E-state index contributed by atoms with van der Waals surface area (Å²) < 4.78 is 6.07. The topological polar surface area (TPSA) is 9.23 Å². The summed E-state index contributed by atoms with van der Waals surface area (Å²) in [5.74, 6) is 1.18. The lowest BCUT2D eigenvalue weighted by atomic mass is 9.84.